The molecule has 1 rings (SSSR count). The molecule has 1 saturated heterocycles. The number of carbonyl (C=O) groups excluding carboxylic acids is 3. The predicted molar refractivity (Wildman–Crippen MR) is 66.6 cm³/mol. The van der Waals surface area contributed by atoms with Crippen molar-refractivity contribution in [3.63, 3.8) is 0 Å². The summed E-state index contributed by atoms with van der Waals surface area (Å²) >= 11 is 3.29. The van der Waals surface area contributed by atoms with Crippen molar-refractivity contribution in [2.75, 3.05) is 12.4 Å². The molecule has 0 aromatic carbocycles. The van der Waals surface area contributed by atoms with E-state index in [-0.39, 0.29) is 17.7 Å². The first-order valence-electron chi connectivity index (χ1n) is 5.72. The molecule has 1 aliphatic rings. The number of likely N-dealkylation sites (tertiary alicyclic amines) is 1. The fourth-order valence-corrected chi connectivity index (χ4v) is 2.09. The molecule has 1 heterocycles. The number of hydrogen-bond acceptors (Lipinski definition) is 3. The standard InChI is InChI=1S/C11H17BrN2O3/c1-14-10(16)6-5-8(11(14)17)13-9(15)4-2-3-7-12/h8H,2-7H2,1H3,(H,13,15). The van der Waals surface area contributed by atoms with Crippen LogP contribution in [0.4, 0.5) is 0 Å². The number of unbranched alkanes of at least 4 members (excludes halogenated alkanes) is 1. The number of likely N-dealkylation sites (N-methyl/N-ethyl adjacent to an activating group) is 1. The van der Waals surface area contributed by atoms with E-state index in [1.165, 1.54) is 7.05 Å². The molecule has 0 aromatic heterocycles. The van der Waals surface area contributed by atoms with Gasteiger partial charge in [0.1, 0.15) is 6.04 Å². The zero-order valence-electron chi connectivity index (χ0n) is 9.87. The Hall–Kier alpha value is -0.910. The van der Waals surface area contributed by atoms with Gasteiger partial charge < -0.3 is 5.32 Å². The van der Waals surface area contributed by atoms with E-state index in [2.05, 4.69) is 21.2 Å². The van der Waals surface area contributed by atoms with Crippen molar-refractivity contribution in [1.29, 1.82) is 0 Å². The number of nitrogens with zero attached hydrogens (tertiary/aromatic N) is 1. The highest BCUT2D eigenvalue weighted by Gasteiger charge is 2.32. The first-order valence-corrected chi connectivity index (χ1v) is 6.84. The summed E-state index contributed by atoms with van der Waals surface area (Å²) in [6, 6.07) is -0.533. The van der Waals surface area contributed by atoms with Crippen molar-refractivity contribution >= 4 is 33.7 Å². The number of rotatable bonds is 5. The average molecular weight is 305 g/mol. The quantitative estimate of drug-likeness (QED) is 0.464. The third-order valence-corrected chi connectivity index (χ3v) is 3.33. The van der Waals surface area contributed by atoms with Crippen molar-refractivity contribution in [3.05, 3.63) is 0 Å². The van der Waals surface area contributed by atoms with E-state index < -0.39 is 6.04 Å². The smallest absolute Gasteiger partial charge is 0.251 e. The molecule has 1 N–H and O–H groups in total. The second-order valence-electron chi connectivity index (χ2n) is 4.10. The monoisotopic (exact) mass is 304 g/mol. The summed E-state index contributed by atoms with van der Waals surface area (Å²) in [5.41, 5.74) is 0. The molecule has 1 aliphatic heterocycles. The van der Waals surface area contributed by atoms with Crippen LogP contribution < -0.4 is 5.32 Å². The Morgan fingerprint density at radius 2 is 2.18 bits per heavy atom. The number of alkyl halides is 1. The van der Waals surface area contributed by atoms with Gasteiger partial charge in [-0.2, -0.15) is 0 Å². The molecule has 0 radical (unpaired) electrons. The van der Waals surface area contributed by atoms with Gasteiger partial charge in [0.15, 0.2) is 0 Å². The molecule has 1 fully saturated rings. The molecule has 0 aliphatic carbocycles. The lowest BCUT2D eigenvalue weighted by molar-refractivity contribution is -0.149. The Bertz CT molecular complexity index is 320. The summed E-state index contributed by atoms with van der Waals surface area (Å²) in [5, 5.41) is 3.56. The zero-order chi connectivity index (χ0) is 12.8. The molecule has 17 heavy (non-hydrogen) atoms. The van der Waals surface area contributed by atoms with Crippen LogP contribution in [0.1, 0.15) is 32.1 Å². The van der Waals surface area contributed by atoms with Crippen molar-refractivity contribution in [2.45, 2.75) is 38.1 Å². The van der Waals surface area contributed by atoms with Crippen LogP contribution in [0, 0.1) is 0 Å². The minimum atomic E-state index is -0.533. The number of hydrogen-bond donors (Lipinski definition) is 1. The molecule has 6 heteroatoms. The van der Waals surface area contributed by atoms with Crippen LogP contribution in [0.5, 0.6) is 0 Å². The maximum Gasteiger partial charge on any atom is 0.251 e. The predicted octanol–water partition coefficient (Wildman–Crippen LogP) is 0.815. The Morgan fingerprint density at radius 3 is 2.82 bits per heavy atom. The van der Waals surface area contributed by atoms with Gasteiger partial charge in [-0.15, -0.1) is 0 Å². The maximum atomic E-state index is 11.7. The van der Waals surface area contributed by atoms with Crippen LogP contribution in [-0.2, 0) is 14.4 Å². The van der Waals surface area contributed by atoms with E-state index in [1.807, 2.05) is 0 Å². The van der Waals surface area contributed by atoms with Gasteiger partial charge in [-0.05, 0) is 19.3 Å². The van der Waals surface area contributed by atoms with Gasteiger partial charge in [-0.3, -0.25) is 19.3 Å². The summed E-state index contributed by atoms with van der Waals surface area (Å²) in [4.78, 5) is 35.5. The van der Waals surface area contributed by atoms with E-state index in [0.717, 1.165) is 23.1 Å². The van der Waals surface area contributed by atoms with Gasteiger partial charge >= 0.3 is 0 Å². The van der Waals surface area contributed by atoms with E-state index in [4.69, 9.17) is 0 Å². The summed E-state index contributed by atoms with van der Waals surface area (Å²) < 4.78 is 0. The average Bonchev–Trinajstić information content (AvgIpc) is 2.30. The third kappa shape index (κ3) is 4.11. The topological polar surface area (TPSA) is 66.5 Å². The first-order chi connectivity index (χ1) is 8.06. The number of halogens is 1. The Morgan fingerprint density at radius 1 is 1.47 bits per heavy atom. The molecular formula is C11H17BrN2O3. The minimum Gasteiger partial charge on any atom is -0.344 e. The van der Waals surface area contributed by atoms with E-state index in [9.17, 15) is 14.4 Å². The van der Waals surface area contributed by atoms with E-state index in [1.54, 1.807) is 0 Å². The van der Waals surface area contributed by atoms with E-state index >= 15 is 0 Å². The molecular weight excluding hydrogens is 288 g/mol. The van der Waals surface area contributed by atoms with Crippen LogP contribution in [0.15, 0.2) is 0 Å². The fraction of sp³-hybridized carbons (Fsp3) is 0.727. The van der Waals surface area contributed by atoms with Crippen molar-refractivity contribution < 1.29 is 14.4 Å². The number of nitrogens with one attached hydrogen (secondary N) is 1. The van der Waals surface area contributed by atoms with Crippen LogP contribution >= 0.6 is 15.9 Å². The Balaban J connectivity index is 2.38. The Labute approximate surface area is 109 Å². The number of imide groups is 1. The molecule has 3 amide bonds. The summed E-state index contributed by atoms with van der Waals surface area (Å²) in [5.74, 6) is -0.609. The van der Waals surface area contributed by atoms with Crippen LogP contribution in [-0.4, -0.2) is 41.0 Å². The van der Waals surface area contributed by atoms with Crippen molar-refractivity contribution in [2.24, 2.45) is 0 Å². The summed E-state index contributed by atoms with van der Waals surface area (Å²) in [7, 11) is 1.45. The van der Waals surface area contributed by atoms with Crippen molar-refractivity contribution in [3.8, 4) is 0 Å². The normalized spacial score (nSPS) is 20.6. The SMILES string of the molecule is CN1C(=O)CCC(NC(=O)CCCCBr)C1=O. The molecule has 0 spiro atoms. The van der Waals surface area contributed by atoms with Crippen molar-refractivity contribution in [1.82, 2.24) is 10.2 Å². The molecule has 0 bridgehead atoms. The van der Waals surface area contributed by atoms with Crippen LogP contribution in [0.3, 0.4) is 0 Å². The highest BCUT2D eigenvalue weighted by atomic mass is 79.9. The number of amides is 3. The largest absolute Gasteiger partial charge is 0.344 e. The van der Waals surface area contributed by atoms with Crippen LogP contribution in [0.2, 0.25) is 0 Å². The molecule has 0 aromatic rings. The first kappa shape index (κ1) is 14.2. The van der Waals surface area contributed by atoms with Gasteiger partial charge in [-0.1, -0.05) is 15.9 Å². The molecule has 1 atom stereocenters. The highest BCUT2D eigenvalue weighted by Crippen LogP contribution is 2.11. The second-order valence-corrected chi connectivity index (χ2v) is 4.89. The lowest BCUT2D eigenvalue weighted by atomic mass is 10.0. The second kappa shape index (κ2) is 6.74. The summed E-state index contributed by atoms with van der Waals surface area (Å²) in [6.45, 7) is 0. The van der Waals surface area contributed by atoms with Gasteiger partial charge in [0.2, 0.25) is 11.8 Å². The summed E-state index contributed by atoms with van der Waals surface area (Å²) in [6.07, 6.45) is 2.88. The molecule has 96 valence electrons. The third-order valence-electron chi connectivity index (χ3n) is 2.77. The molecule has 1 unspecified atom stereocenters. The lowest BCUT2D eigenvalue weighted by Gasteiger charge is -2.28. The lowest BCUT2D eigenvalue weighted by Crippen LogP contribution is -2.52. The minimum absolute atomic E-state index is 0.118. The number of carbonyl (C=O) groups is 3. The Kier molecular flexibility index (Phi) is 5.61. The maximum absolute atomic E-state index is 11.7. The van der Waals surface area contributed by atoms with Gasteiger partial charge in [0.05, 0.1) is 0 Å². The van der Waals surface area contributed by atoms with Gasteiger partial charge in [-0.25, -0.2) is 0 Å². The zero-order valence-corrected chi connectivity index (χ0v) is 11.5. The van der Waals surface area contributed by atoms with Gasteiger partial charge in [0.25, 0.3) is 5.91 Å². The van der Waals surface area contributed by atoms with E-state index in [0.29, 0.717) is 19.3 Å². The molecule has 0 saturated carbocycles. The van der Waals surface area contributed by atoms with Gasteiger partial charge in [0, 0.05) is 25.2 Å². The highest BCUT2D eigenvalue weighted by molar-refractivity contribution is 9.09. The number of piperidine rings is 1. The molecule has 5 nitrogen and oxygen atoms in total. The fourth-order valence-electron chi connectivity index (χ4n) is 1.70. The van der Waals surface area contributed by atoms with Crippen LogP contribution in [0.25, 0.3) is 0 Å².